The SMILES string of the molecule is CC(C)[C@@H](c1ccc(C(F)(F)F)cc1CN(Cc1cc(C(F)(F)F)cc(C(F)(F)F)c1)c1nnn(C)n1)N1CCC(C#N)CC1. The lowest BCUT2D eigenvalue weighted by Crippen LogP contribution is -2.39. The van der Waals surface area contributed by atoms with Crippen molar-refractivity contribution in [2.75, 3.05) is 18.0 Å². The first-order valence-corrected chi connectivity index (χ1v) is 14.0. The third-order valence-corrected chi connectivity index (χ3v) is 7.69. The Balaban J connectivity index is 1.82. The number of alkyl halides is 9. The molecule has 1 aliphatic heterocycles. The number of tetrazole rings is 1. The van der Waals surface area contributed by atoms with Crippen molar-refractivity contribution in [2.24, 2.45) is 18.9 Å². The van der Waals surface area contributed by atoms with E-state index < -0.39 is 53.4 Å². The molecule has 16 heteroatoms. The van der Waals surface area contributed by atoms with Crippen LogP contribution in [0.1, 0.15) is 66.1 Å². The lowest BCUT2D eigenvalue weighted by Gasteiger charge is -2.39. The summed E-state index contributed by atoms with van der Waals surface area (Å²) in [7, 11) is 1.38. The summed E-state index contributed by atoms with van der Waals surface area (Å²) in [4.78, 5) is 4.29. The number of nitriles is 1. The maximum absolute atomic E-state index is 13.9. The molecule has 1 saturated heterocycles. The number of halogens is 9. The van der Waals surface area contributed by atoms with Crippen LogP contribution in [-0.4, -0.2) is 38.2 Å². The number of hydrogen-bond donors (Lipinski definition) is 0. The zero-order chi connectivity index (χ0) is 33.3. The topological polar surface area (TPSA) is 73.9 Å². The zero-order valence-corrected chi connectivity index (χ0v) is 24.5. The van der Waals surface area contributed by atoms with Gasteiger partial charge in [-0.05, 0) is 71.0 Å². The van der Waals surface area contributed by atoms with Crippen LogP contribution in [0.2, 0.25) is 0 Å². The summed E-state index contributed by atoms with van der Waals surface area (Å²) in [6, 6.07) is 6.20. The minimum atomic E-state index is -5.09. The van der Waals surface area contributed by atoms with Crippen LogP contribution in [0.3, 0.4) is 0 Å². The Labute approximate surface area is 253 Å². The van der Waals surface area contributed by atoms with Crippen molar-refractivity contribution in [2.45, 2.75) is 64.3 Å². The van der Waals surface area contributed by atoms with E-state index in [1.807, 2.05) is 13.8 Å². The van der Waals surface area contributed by atoms with Crippen LogP contribution < -0.4 is 4.90 Å². The number of hydrogen-bond acceptors (Lipinski definition) is 6. The van der Waals surface area contributed by atoms with Crippen molar-refractivity contribution in [1.29, 1.82) is 5.26 Å². The first kappa shape index (κ1) is 34.0. The van der Waals surface area contributed by atoms with E-state index in [4.69, 9.17) is 0 Å². The molecule has 0 radical (unpaired) electrons. The standard InChI is InChI=1S/C29H30F9N7/c1-17(2)25(44-8-6-18(14-39)7-9-44)24-5-4-21(27(30,31)32)12-20(24)16-45(26-40-42-43(3)41-26)15-19-10-22(28(33,34)35)13-23(11-19)29(36,37)38/h4-5,10-13,17-18,25H,6-9,15-16H2,1-3H3/t25-/m0/s1. The molecular formula is C29H30F9N7. The highest BCUT2D eigenvalue weighted by molar-refractivity contribution is 5.42. The van der Waals surface area contributed by atoms with Gasteiger partial charge in [-0.1, -0.05) is 25.0 Å². The fourth-order valence-corrected chi connectivity index (χ4v) is 5.63. The number of aryl methyl sites for hydroxylation is 1. The molecule has 0 N–H and O–H groups in total. The van der Waals surface area contributed by atoms with Gasteiger partial charge in [0.1, 0.15) is 0 Å². The molecule has 0 aliphatic carbocycles. The maximum atomic E-state index is 13.9. The Morgan fingerprint density at radius 2 is 1.44 bits per heavy atom. The van der Waals surface area contributed by atoms with E-state index in [1.54, 1.807) is 0 Å². The van der Waals surface area contributed by atoms with Gasteiger partial charge in [0.2, 0.25) is 0 Å². The number of piperidine rings is 1. The molecule has 7 nitrogen and oxygen atoms in total. The van der Waals surface area contributed by atoms with Gasteiger partial charge >= 0.3 is 18.5 Å². The molecule has 1 aliphatic rings. The van der Waals surface area contributed by atoms with E-state index in [-0.39, 0.29) is 36.0 Å². The summed E-state index contributed by atoms with van der Waals surface area (Å²) in [6.07, 6.45) is -13.8. The summed E-state index contributed by atoms with van der Waals surface area (Å²) in [5.74, 6) is -0.462. The molecule has 2 aromatic carbocycles. The second-order valence-corrected chi connectivity index (χ2v) is 11.4. The normalized spacial score (nSPS) is 16.2. The first-order valence-electron chi connectivity index (χ1n) is 14.0. The number of anilines is 1. The molecule has 1 fully saturated rings. The molecule has 4 rings (SSSR count). The van der Waals surface area contributed by atoms with Crippen molar-refractivity contribution in [3.8, 4) is 6.07 Å². The lowest BCUT2D eigenvalue weighted by molar-refractivity contribution is -0.143. The first-order chi connectivity index (χ1) is 20.9. The second-order valence-electron chi connectivity index (χ2n) is 11.4. The molecule has 45 heavy (non-hydrogen) atoms. The summed E-state index contributed by atoms with van der Waals surface area (Å²) >= 11 is 0. The lowest BCUT2D eigenvalue weighted by atomic mass is 9.87. The van der Waals surface area contributed by atoms with Gasteiger partial charge in [-0.3, -0.25) is 4.90 Å². The molecule has 0 spiro atoms. The Hall–Kier alpha value is -3.87. The molecular weight excluding hydrogens is 617 g/mol. The molecule has 244 valence electrons. The largest absolute Gasteiger partial charge is 0.416 e. The van der Waals surface area contributed by atoms with Crippen molar-refractivity contribution >= 4 is 5.95 Å². The molecule has 3 aromatic rings. The minimum absolute atomic E-state index is 0.00203. The van der Waals surface area contributed by atoms with Crippen molar-refractivity contribution in [1.82, 2.24) is 25.1 Å². The van der Waals surface area contributed by atoms with Crippen molar-refractivity contribution in [3.63, 3.8) is 0 Å². The van der Waals surface area contributed by atoms with Crippen LogP contribution in [0.25, 0.3) is 0 Å². The number of rotatable bonds is 8. The Morgan fingerprint density at radius 1 is 0.867 bits per heavy atom. The van der Waals surface area contributed by atoms with Gasteiger partial charge in [0.15, 0.2) is 0 Å². The molecule has 1 aromatic heterocycles. The summed E-state index contributed by atoms with van der Waals surface area (Å²) < 4.78 is 123. The van der Waals surface area contributed by atoms with Crippen LogP contribution in [0.5, 0.6) is 0 Å². The van der Waals surface area contributed by atoms with E-state index in [2.05, 4.69) is 26.4 Å². The molecule has 0 saturated carbocycles. The highest BCUT2D eigenvalue weighted by Crippen LogP contribution is 2.40. The number of benzene rings is 2. The number of aromatic nitrogens is 4. The minimum Gasteiger partial charge on any atom is -0.330 e. The second kappa shape index (κ2) is 12.9. The summed E-state index contributed by atoms with van der Waals surface area (Å²) in [5.41, 5.74) is -3.79. The summed E-state index contributed by atoms with van der Waals surface area (Å²) in [5, 5.41) is 20.9. The van der Waals surface area contributed by atoms with E-state index >= 15 is 0 Å². The van der Waals surface area contributed by atoms with Gasteiger partial charge in [0, 0.05) is 38.1 Å². The fraction of sp³-hybridized carbons (Fsp3) is 0.517. The van der Waals surface area contributed by atoms with Crippen LogP contribution in [0, 0.1) is 23.2 Å². The zero-order valence-electron chi connectivity index (χ0n) is 24.5. The maximum Gasteiger partial charge on any atom is 0.416 e. The third-order valence-electron chi connectivity index (χ3n) is 7.69. The van der Waals surface area contributed by atoms with E-state index in [1.165, 1.54) is 18.0 Å². The Bertz CT molecular complexity index is 1480. The predicted octanol–water partition coefficient (Wildman–Crippen LogP) is 7.41. The highest BCUT2D eigenvalue weighted by Gasteiger charge is 2.38. The quantitative estimate of drug-likeness (QED) is 0.237. The smallest absolute Gasteiger partial charge is 0.330 e. The van der Waals surface area contributed by atoms with Gasteiger partial charge < -0.3 is 4.90 Å². The number of nitrogens with zero attached hydrogens (tertiary/aromatic N) is 7. The van der Waals surface area contributed by atoms with Crippen molar-refractivity contribution < 1.29 is 39.5 Å². The summed E-state index contributed by atoms with van der Waals surface area (Å²) in [6.45, 7) is 3.83. The van der Waals surface area contributed by atoms with Crippen LogP contribution in [0.4, 0.5) is 45.5 Å². The van der Waals surface area contributed by atoms with Crippen LogP contribution in [-0.2, 0) is 38.7 Å². The van der Waals surface area contributed by atoms with E-state index in [9.17, 15) is 44.8 Å². The van der Waals surface area contributed by atoms with Gasteiger partial charge in [-0.25, -0.2) is 0 Å². The fourth-order valence-electron chi connectivity index (χ4n) is 5.63. The molecule has 0 unspecified atom stereocenters. The molecule has 2 heterocycles. The van der Waals surface area contributed by atoms with Gasteiger partial charge in [-0.2, -0.15) is 49.6 Å². The van der Waals surface area contributed by atoms with Gasteiger partial charge in [-0.15, -0.1) is 5.10 Å². The third kappa shape index (κ3) is 8.24. The van der Waals surface area contributed by atoms with E-state index in [0.717, 1.165) is 16.9 Å². The highest BCUT2D eigenvalue weighted by atomic mass is 19.4. The molecule has 1 atom stereocenters. The van der Waals surface area contributed by atoms with E-state index in [0.29, 0.717) is 43.6 Å². The van der Waals surface area contributed by atoms with Crippen molar-refractivity contribution in [3.05, 3.63) is 69.8 Å². The van der Waals surface area contributed by atoms with Gasteiger partial charge in [0.05, 0.1) is 29.8 Å². The van der Waals surface area contributed by atoms with Crippen LogP contribution in [0.15, 0.2) is 36.4 Å². The van der Waals surface area contributed by atoms with Crippen LogP contribution >= 0.6 is 0 Å². The predicted molar refractivity (Wildman–Crippen MR) is 144 cm³/mol. The average Bonchev–Trinajstić information content (AvgIpc) is 3.38. The molecule has 0 bridgehead atoms. The van der Waals surface area contributed by atoms with Gasteiger partial charge in [0.25, 0.3) is 5.95 Å². The molecule has 0 amide bonds. The average molecular weight is 648 g/mol. The monoisotopic (exact) mass is 647 g/mol. The number of likely N-dealkylation sites (tertiary alicyclic amines) is 1. The Kier molecular flexibility index (Phi) is 9.72. The Morgan fingerprint density at radius 3 is 1.91 bits per heavy atom.